The number of nitrogens with zero attached hydrogens (tertiary/aromatic N) is 2. The van der Waals surface area contributed by atoms with Gasteiger partial charge < -0.3 is 15.2 Å². The van der Waals surface area contributed by atoms with Gasteiger partial charge in [0, 0.05) is 37.3 Å². The van der Waals surface area contributed by atoms with Crippen molar-refractivity contribution in [1.82, 2.24) is 14.9 Å². The van der Waals surface area contributed by atoms with Gasteiger partial charge in [-0.3, -0.25) is 4.79 Å². The van der Waals surface area contributed by atoms with Gasteiger partial charge in [-0.2, -0.15) is 0 Å². The van der Waals surface area contributed by atoms with Crippen LogP contribution < -0.4 is 16.2 Å². The van der Waals surface area contributed by atoms with Gasteiger partial charge in [0.15, 0.2) is 0 Å². The Kier molecular flexibility index (Phi) is 5.10. The summed E-state index contributed by atoms with van der Waals surface area (Å²) in [5, 5.41) is 6.28. The molecular weight excluding hydrogens is 288 g/mol. The Morgan fingerprint density at radius 1 is 1.48 bits per heavy atom. The van der Waals surface area contributed by atoms with Crippen LogP contribution in [0.3, 0.4) is 0 Å². The summed E-state index contributed by atoms with van der Waals surface area (Å²) in [4.78, 5) is 29.0. The molecule has 6 nitrogen and oxygen atoms in total. The molecule has 0 fully saturated rings. The molecular formula is C14H18N4O2S. The largest absolute Gasteiger partial charge is 0.337 e. The zero-order valence-corrected chi connectivity index (χ0v) is 12.9. The maximum atomic E-state index is 11.7. The SMILES string of the molecule is CCc1cnc(CCNC(=O)Nc2cccn(C)c2=O)s1. The third-order valence-corrected chi connectivity index (χ3v) is 4.15. The quantitative estimate of drug-likeness (QED) is 0.884. The first kappa shape index (κ1) is 15.2. The van der Waals surface area contributed by atoms with Gasteiger partial charge in [-0.15, -0.1) is 11.3 Å². The molecule has 0 aliphatic heterocycles. The third kappa shape index (κ3) is 4.16. The molecule has 0 radical (unpaired) electrons. The second-order valence-corrected chi connectivity index (χ2v) is 5.74. The summed E-state index contributed by atoms with van der Waals surface area (Å²) in [6.07, 6.45) is 5.17. The number of carbonyl (C=O) groups excluding carboxylic acids is 1. The third-order valence-electron chi connectivity index (χ3n) is 2.95. The summed E-state index contributed by atoms with van der Waals surface area (Å²) in [7, 11) is 1.64. The van der Waals surface area contributed by atoms with Gasteiger partial charge in [-0.25, -0.2) is 9.78 Å². The van der Waals surface area contributed by atoms with Crippen molar-refractivity contribution in [3.05, 3.63) is 44.8 Å². The zero-order valence-electron chi connectivity index (χ0n) is 12.0. The lowest BCUT2D eigenvalue weighted by Gasteiger charge is -2.07. The first-order chi connectivity index (χ1) is 10.1. The number of thiazole rings is 1. The highest BCUT2D eigenvalue weighted by molar-refractivity contribution is 7.11. The molecule has 0 spiro atoms. The molecule has 21 heavy (non-hydrogen) atoms. The highest BCUT2D eigenvalue weighted by Crippen LogP contribution is 2.13. The number of urea groups is 1. The number of aryl methyl sites for hydroxylation is 2. The van der Waals surface area contributed by atoms with E-state index in [4.69, 9.17) is 0 Å². The average molecular weight is 306 g/mol. The summed E-state index contributed by atoms with van der Waals surface area (Å²) < 4.78 is 1.41. The molecule has 2 N–H and O–H groups in total. The second kappa shape index (κ2) is 7.03. The van der Waals surface area contributed by atoms with Crippen LogP contribution in [-0.2, 0) is 19.9 Å². The van der Waals surface area contributed by atoms with Crippen LogP contribution in [0.2, 0.25) is 0 Å². The summed E-state index contributed by atoms with van der Waals surface area (Å²) >= 11 is 1.66. The number of anilines is 1. The number of amides is 2. The Balaban J connectivity index is 1.82. The Labute approximate surface area is 126 Å². The highest BCUT2D eigenvalue weighted by atomic mass is 32.1. The van der Waals surface area contributed by atoms with Crippen molar-refractivity contribution in [2.24, 2.45) is 7.05 Å². The van der Waals surface area contributed by atoms with Crippen LogP contribution in [0.4, 0.5) is 10.5 Å². The van der Waals surface area contributed by atoms with Gasteiger partial charge in [0.25, 0.3) is 5.56 Å². The Hall–Kier alpha value is -2.15. The van der Waals surface area contributed by atoms with E-state index in [1.54, 1.807) is 36.7 Å². The normalized spacial score (nSPS) is 10.4. The van der Waals surface area contributed by atoms with Crippen LogP contribution in [0, 0.1) is 0 Å². The van der Waals surface area contributed by atoms with Crippen LogP contribution in [0.15, 0.2) is 29.3 Å². The number of pyridine rings is 1. The molecule has 0 aliphatic carbocycles. The van der Waals surface area contributed by atoms with Crippen molar-refractivity contribution in [1.29, 1.82) is 0 Å². The van der Waals surface area contributed by atoms with Crippen molar-refractivity contribution >= 4 is 23.1 Å². The highest BCUT2D eigenvalue weighted by Gasteiger charge is 2.06. The van der Waals surface area contributed by atoms with E-state index in [1.807, 2.05) is 6.20 Å². The molecule has 2 aromatic heterocycles. The Morgan fingerprint density at radius 3 is 3.00 bits per heavy atom. The predicted octanol–water partition coefficient (Wildman–Crippen LogP) is 1.77. The van der Waals surface area contributed by atoms with Crippen molar-refractivity contribution in [3.8, 4) is 0 Å². The van der Waals surface area contributed by atoms with Crippen LogP contribution >= 0.6 is 11.3 Å². The first-order valence-electron chi connectivity index (χ1n) is 6.74. The number of hydrogen-bond donors (Lipinski definition) is 2. The van der Waals surface area contributed by atoms with E-state index >= 15 is 0 Å². The summed E-state index contributed by atoms with van der Waals surface area (Å²) in [6, 6.07) is 2.90. The number of nitrogens with one attached hydrogen (secondary N) is 2. The molecule has 0 aliphatic rings. The minimum absolute atomic E-state index is 0.236. The molecule has 2 heterocycles. The van der Waals surface area contributed by atoms with Crippen molar-refractivity contribution in [3.63, 3.8) is 0 Å². The molecule has 0 saturated carbocycles. The fourth-order valence-corrected chi connectivity index (χ4v) is 2.63. The lowest BCUT2D eigenvalue weighted by molar-refractivity contribution is 0.252. The Bertz CT molecular complexity index is 678. The van der Waals surface area contributed by atoms with E-state index in [9.17, 15) is 9.59 Å². The van der Waals surface area contributed by atoms with Gasteiger partial charge in [-0.05, 0) is 18.6 Å². The summed E-state index contributed by atoms with van der Waals surface area (Å²) in [5.74, 6) is 0. The maximum Gasteiger partial charge on any atom is 0.319 e. The molecule has 7 heteroatoms. The minimum Gasteiger partial charge on any atom is -0.337 e. The topological polar surface area (TPSA) is 76.0 Å². The van der Waals surface area contributed by atoms with Crippen molar-refractivity contribution < 1.29 is 4.79 Å². The van der Waals surface area contributed by atoms with Gasteiger partial charge >= 0.3 is 6.03 Å². The van der Waals surface area contributed by atoms with Gasteiger partial charge in [0.2, 0.25) is 0 Å². The lowest BCUT2D eigenvalue weighted by Crippen LogP contribution is -2.33. The smallest absolute Gasteiger partial charge is 0.319 e. The van der Waals surface area contributed by atoms with E-state index < -0.39 is 0 Å². The molecule has 2 amide bonds. The number of rotatable bonds is 5. The fraction of sp³-hybridized carbons (Fsp3) is 0.357. The van der Waals surface area contributed by atoms with Gasteiger partial charge in [0.05, 0.1) is 5.01 Å². The predicted molar refractivity (Wildman–Crippen MR) is 83.9 cm³/mol. The molecule has 2 rings (SSSR count). The number of carbonyl (C=O) groups is 1. The molecule has 112 valence electrons. The van der Waals surface area contributed by atoms with Crippen molar-refractivity contribution in [2.45, 2.75) is 19.8 Å². The van der Waals surface area contributed by atoms with Crippen LogP contribution in [0.5, 0.6) is 0 Å². The minimum atomic E-state index is -0.384. The van der Waals surface area contributed by atoms with Crippen LogP contribution in [-0.4, -0.2) is 22.1 Å². The maximum absolute atomic E-state index is 11.7. The van der Waals surface area contributed by atoms with E-state index in [0.717, 1.165) is 11.4 Å². The average Bonchev–Trinajstić information content (AvgIpc) is 2.92. The molecule has 0 atom stereocenters. The molecule has 0 bridgehead atoms. The molecule has 2 aromatic rings. The standard InChI is InChI=1S/C14H18N4O2S/c1-3-10-9-16-12(21-10)6-7-15-14(20)17-11-5-4-8-18(2)13(11)19/h4-5,8-9H,3,6-7H2,1-2H3,(H2,15,17,20). The van der Waals surface area contributed by atoms with E-state index in [-0.39, 0.29) is 17.3 Å². The Morgan fingerprint density at radius 2 is 2.29 bits per heavy atom. The van der Waals surface area contributed by atoms with Gasteiger partial charge in [-0.1, -0.05) is 6.92 Å². The second-order valence-electron chi connectivity index (χ2n) is 4.54. The number of aromatic nitrogens is 2. The summed E-state index contributed by atoms with van der Waals surface area (Å²) in [6.45, 7) is 2.57. The van der Waals surface area contributed by atoms with Crippen LogP contribution in [0.1, 0.15) is 16.8 Å². The summed E-state index contributed by atoms with van der Waals surface area (Å²) in [5.41, 5.74) is 0.0279. The number of hydrogen-bond acceptors (Lipinski definition) is 4. The van der Waals surface area contributed by atoms with Crippen LogP contribution in [0.25, 0.3) is 0 Å². The lowest BCUT2D eigenvalue weighted by atomic mass is 10.4. The zero-order chi connectivity index (χ0) is 15.2. The fourth-order valence-electron chi connectivity index (χ4n) is 1.77. The molecule has 0 unspecified atom stereocenters. The van der Waals surface area contributed by atoms with E-state index in [2.05, 4.69) is 22.5 Å². The molecule has 0 aromatic carbocycles. The first-order valence-corrected chi connectivity index (χ1v) is 7.56. The monoisotopic (exact) mass is 306 g/mol. The van der Waals surface area contributed by atoms with Gasteiger partial charge in [0.1, 0.15) is 5.69 Å². The van der Waals surface area contributed by atoms with E-state index in [1.165, 1.54) is 9.44 Å². The van der Waals surface area contributed by atoms with Crippen molar-refractivity contribution in [2.75, 3.05) is 11.9 Å². The molecule has 0 saturated heterocycles. The van der Waals surface area contributed by atoms with E-state index in [0.29, 0.717) is 13.0 Å².